The number of aromatic nitrogens is 2. The fourth-order valence-electron chi connectivity index (χ4n) is 3.70. The quantitative estimate of drug-likeness (QED) is 0.432. The third-order valence-corrected chi connectivity index (χ3v) is 6.21. The fourth-order valence-corrected chi connectivity index (χ4v) is 4.23. The highest BCUT2D eigenvalue weighted by atomic mass is 79.9. The summed E-state index contributed by atoms with van der Waals surface area (Å²) in [6, 6.07) is 14.0. The summed E-state index contributed by atoms with van der Waals surface area (Å²) < 4.78 is 43.2. The van der Waals surface area contributed by atoms with Gasteiger partial charge in [-0.05, 0) is 29.7 Å². The van der Waals surface area contributed by atoms with Gasteiger partial charge in [0.2, 0.25) is 0 Å². The molecule has 2 aromatic carbocycles. The van der Waals surface area contributed by atoms with Gasteiger partial charge in [0.05, 0.1) is 6.04 Å². The number of benzene rings is 2. The Kier molecular flexibility index (Phi) is 6.48. The van der Waals surface area contributed by atoms with Gasteiger partial charge in [-0.1, -0.05) is 70.0 Å². The molecule has 0 saturated carbocycles. The summed E-state index contributed by atoms with van der Waals surface area (Å²) in [7, 11) is 0. The second-order valence-corrected chi connectivity index (χ2v) is 8.78. The number of fused-ring (bicyclic) bond motifs is 1. The van der Waals surface area contributed by atoms with Crippen LogP contribution in [0.25, 0.3) is 0 Å². The van der Waals surface area contributed by atoms with Crippen LogP contribution in [0.3, 0.4) is 0 Å². The van der Waals surface area contributed by atoms with Gasteiger partial charge in [-0.2, -0.15) is 18.3 Å². The van der Waals surface area contributed by atoms with Gasteiger partial charge in [0, 0.05) is 17.4 Å². The van der Waals surface area contributed by atoms with E-state index < -0.39 is 24.2 Å². The average Bonchev–Trinajstić information content (AvgIpc) is 3.10. The first-order valence-corrected chi connectivity index (χ1v) is 11.1. The molecule has 0 aliphatic carbocycles. The van der Waals surface area contributed by atoms with Crippen molar-refractivity contribution in [1.82, 2.24) is 15.1 Å². The van der Waals surface area contributed by atoms with Crippen LogP contribution in [0.4, 0.5) is 19.0 Å². The SMILES string of the molecule is O=C(NCCc1ccccc1)c1nn2c(c1Cl)N[C@@H](c1ccc(Br)cc1)C[C@@H]2C(F)(F)F. The van der Waals surface area contributed by atoms with E-state index in [0.29, 0.717) is 18.5 Å². The number of hydrogen-bond donors (Lipinski definition) is 2. The highest BCUT2D eigenvalue weighted by Gasteiger charge is 2.47. The molecular weight excluding hydrogens is 509 g/mol. The van der Waals surface area contributed by atoms with Crippen molar-refractivity contribution < 1.29 is 18.0 Å². The molecule has 1 aliphatic heterocycles. The van der Waals surface area contributed by atoms with Crippen LogP contribution in [0.1, 0.15) is 40.1 Å². The van der Waals surface area contributed by atoms with Crippen molar-refractivity contribution >= 4 is 39.3 Å². The van der Waals surface area contributed by atoms with Gasteiger partial charge in [-0.25, -0.2) is 4.68 Å². The molecule has 3 aromatic rings. The Balaban J connectivity index is 1.57. The Morgan fingerprint density at radius 1 is 1.19 bits per heavy atom. The maximum Gasteiger partial charge on any atom is 0.410 e. The van der Waals surface area contributed by atoms with E-state index in [1.165, 1.54) is 0 Å². The second kappa shape index (κ2) is 9.15. The zero-order chi connectivity index (χ0) is 22.9. The molecule has 0 fully saturated rings. The monoisotopic (exact) mass is 526 g/mol. The molecule has 1 aliphatic rings. The standard InChI is InChI=1S/C22H19BrClF3N4O/c23-15-8-6-14(7-9-15)16-12-17(22(25,26)27)31-20(29-16)18(24)19(30-31)21(32)28-11-10-13-4-2-1-3-5-13/h1-9,16-17,29H,10-12H2,(H,28,32)/t16-,17-/m1/s1. The zero-order valence-electron chi connectivity index (χ0n) is 16.7. The van der Waals surface area contributed by atoms with Crippen LogP contribution in [-0.2, 0) is 6.42 Å². The van der Waals surface area contributed by atoms with Gasteiger partial charge in [0.15, 0.2) is 11.7 Å². The summed E-state index contributed by atoms with van der Waals surface area (Å²) in [6.07, 6.45) is -4.25. The van der Waals surface area contributed by atoms with E-state index >= 15 is 0 Å². The minimum atomic E-state index is -4.55. The van der Waals surface area contributed by atoms with Crippen LogP contribution in [0, 0.1) is 0 Å². The molecule has 5 nitrogen and oxygen atoms in total. The summed E-state index contributed by atoms with van der Waals surface area (Å²) in [6.45, 7) is 0.305. The van der Waals surface area contributed by atoms with Crippen molar-refractivity contribution in [2.45, 2.75) is 31.1 Å². The summed E-state index contributed by atoms with van der Waals surface area (Å²) in [4.78, 5) is 12.6. The van der Waals surface area contributed by atoms with E-state index in [2.05, 4.69) is 31.7 Å². The lowest BCUT2D eigenvalue weighted by atomic mass is 9.97. The molecule has 168 valence electrons. The highest BCUT2D eigenvalue weighted by Crippen LogP contribution is 2.46. The van der Waals surface area contributed by atoms with E-state index in [0.717, 1.165) is 14.7 Å². The number of rotatable bonds is 5. The minimum absolute atomic E-state index is 0.0126. The van der Waals surface area contributed by atoms with Crippen LogP contribution in [-0.4, -0.2) is 28.4 Å². The zero-order valence-corrected chi connectivity index (χ0v) is 19.0. The molecule has 1 amide bonds. The van der Waals surface area contributed by atoms with E-state index in [1.807, 2.05) is 30.3 Å². The highest BCUT2D eigenvalue weighted by molar-refractivity contribution is 9.10. The Morgan fingerprint density at radius 2 is 1.88 bits per heavy atom. The van der Waals surface area contributed by atoms with Crippen molar-refractivity contribution in [3.8, 4) is 0 Å². The Bertz CT molecular complexity index is 1100. The first kappa shape index (κ1) is 22.7. The smallest absolute Gasteiger partial charge is 0.362 e. The van der Waals surface area contributed by atoms with Gasteiger partial charge in [-0.3, -0.25) is 4.79 Å². The molecule has 32 heavy (non-hydrogen) atoms. The molecule has 0 radical (unpaired) electrons. The summed E-state index contributed by atoms with van der Waals surface area (Å²) in [5.41, 5.74) is 1.48. The lowest BCUT2D eigenvalue weighted by molar-refractivity contribution is -0.173. The van der Waals surface area contributed by atoms with Crippen molar-refractivity contribution in [2.24, 2.45) is 0 Å². The Morgan fingerprint density at radius 3 is 2.53 bits per heavy atom. The number of hydrogen-bond acceptors (Lipinski definition) is 3. The summed E-state index contributed by atoms with van der Waals surface area (Å²) >= 11 is 9.67. The van der Waals surface area contributed by atoms with Crippen molar-refractivity contribution in [1.29, 1.82) is 0 Å². The summed E-state index contributed by atoms with van der Waals surface area (Å²) in [5.74, 6) is -0.628. The van der Waals surface area contributed by atoms with E-state index in [4.69, 9.17) is 11.6 Å². The number of carbonyl (C=O) groups is 1. The number of nitrogens with one attached hydrogen (secondary N) is 2. The predicted molar refractivity (Wildman–Crippen MR) is 120 cm³/mol. The normalized spacial score (nSPS) is 18.0. The van der Waals surface area contributed by atoms with Gasteiger partial charge in [-0.15, -0.1) is 0 Å². The largest absolute Gasteiger partial charge is 0.410 e. The average molecular weight is 528 g/mol. The van der Waals surface area contributed by atoms with Crippen LogP contribution in [0.15, 0.2) is 59.1 Å². The van der Waals surface area contributed by atoms with Crippen molar-refractivity contribution in [3.63, 3.8) is 0 Å². The molecule has 0 spiro atoms. The lowest BCUT2D eigenvalue weighted by Crippen LogP contribution is -2.36. The molecule has 0 saturated heterocycles. The lowest BCUT2D eigenvalue weighted by Gasteiger charge is -2.33. The van der Waals surface area contributed by atoms with Crippen LogP contribution in [0.2, 0.25) is 5.02 Å². The number of carbonyl (C=O) groups excluding carboxylic acids is 1. The van der Waals surface area contributed by atoms with Gasteiger partial charge < -0.3 is 10.6 Å². The first-order valence-electron chi connectivity index (χ1n) is 9.93. The minimum Gasteiger partial charge on any atom is -0.362 e. The molecule has 10 heteroatoms. The van der Waals surface area contributed by atoms with Crippen LogP contribution < -0.4 is 10.6 Å². The molecule has 2 atom stereocenters. The molecule has 0 bridgehead atoms. The van der Waals surface area contributed by atoms with Crippen LogP contribution in [0.5, 0.6) is 0 Å². The van der Waals surface area contributed by atoms with E-state index in [9.17, 15) is 18.0 Å². The van der Waals surface area contributed by atoms with Crippen molar-refractivity contribution in [2.75, 3.05) is 11.9 Å². The third kappa shape index (κ3) is 4.78. The number of alkyl halides is 3. The third-order valence-electron chi connectivity index (χ3n) is 5.33. The molecule has 2 heterocycles. The molecular formula is C22H19BrClF3N4O. The molecule has 4 rings (SSSR count). The van der Waals surface area contributed by atoms with Gasteiger partial charge in [0.25, 0.3) is 5.91 Å². The maximum atomic E-state index is 13.9. The molecule has 2 N–H and O–H groups in total. The molecule has 0 unspecified atom stereocenters. The topological polar surface area (TPSA) is 59.0 Å². The predicted octanol–water partition coefficient (Wildman–Crippen LogP) is 5.93. The Labute approximate surface area is 196 Å². The number of anilines is 1. The number of halogens is 5. The first-order chi connectivity index (χ1) is 15.2. The van der Waals surface area contributed by atoms with Gasteiger partial charge >= 0.3 is 6.18 Å². The number of amides is 1. The maximum absolute atomic E-state index is 13.9. The van der Waals surface area contributed by atoms with Crippen molar-refractivity contribution in [3.05, 3.63) is 80.9 Å². The number of nitrogens with zero attached hydrogens (tertiary/aromatic N) is 2. The van der Waals surface area contributed by atoms with Crippen LogP contribution >= 0.6 is 27.5 Å². The van der Waals surface area contributed by atoms with Gasteiger partial charge in [0.1, 0.15) is 10.8 Å². The van der Waals surface area contributed by atoms with E-state index in [-0.39, 0.29) is 23.0 Å². The summed E-state index contributed by atoms with van der Waals surface area (Å²) in [5, 5.41) is 9.54. The Hall–Kier alpha value is -2.52. The second-order valence-electron chi connectivity index (χ2n) is 7.49. The fraction of sp³-hybridized carbons (Fsp3) is 0.273. The molecule has 1 aromatic heterocycles. The van der Waals surface area contributed by atoms with E-state index in [1.54, 1.807) is 24.3 Å².